The second-order valence-corrected chi connectivity index (χ2v) is 3.07. The zero-order chi connectivity index (χ0) is 3.44. The van der Waals surface area contributed by atoms with Crippen LogP contribution in [0.1, 0.15) is 6.42 Å². The quantitative estimate of drug-likeness (QED) is 0.438. The molecule has 0 spiro atoms. The molecule has 0 aromatic heterocycles. The summed E-state index contributed by atoms with van der Waals surface area (Å²) >= 11 is 3.50. The van der Waals surface area contributed by atoms with Crippen LogP contribution in [0.5, 0.6) is 0 Å². The smallest absolute Gasteiger partial charge is 0.0208 e. The van der Waals surface area contributed by atoms with Crippen LogP contribution in [-0.2, 0) is 0 Å². The fraction of sp³-hybridized carbons (Fsp3) is 1.00. The van der Waals surface area contributed by atoms with Gasteiger partial charge in [0.15, 0.2) is 0 Å². The minimum absolute atomic E-state index is 0.961. The Morgan fingerprint density at radius 1 is 1.40 bits per heavy atom. The van der Waals surface area contributed by atoms with E-state index in [-0.39, 0.29) is 0 Å². The van der Waals surface area contributed by atoms with E-state index in [1.165, 1.54) is 6.42 Å². The molecule has 0 saturated heterocycles. The monoisotopic (exact) mass is 132 g/mol. The van der Waals surface area contributed by atoms with E-state index in [2.05, 4.69) is 15.9 Å². The van der Waals surface area contributed by atoms with Crippen LogP contribution in [-0.4, -0.2) is 4.83 Å². The van der Waals surface area contributed by atoms with Gasteiger partial charge in [-0.1, -0.05) is 15.9 Å². The van der Waals surface area contributed by atoms with Gasteiger partial charge in [-0.25, -0.2) is 0 Å². The summed E-state index contributed by atoms with van der Waals surface area (Å²) in [5.41, 5.74) is 0. The molecule has 0 nitrogen and oxygen atoms in total. The molecule has 2 fully saturated rings. The third-order valence-corrected chi connectivity index (χ3v) is 2.93. The van der Waals surface area contributed by atoms with E-state index < -0.39 is 0 Å². The SMILES string of the molecule is BrC1C2CC12. The van der Waals surface area contributed by atoms with Gasteiger partial charge in [0.05, 0.1) is 0 Å². The highest BCUT2D eigenvalue weighted by Crippen LogP contribution is 2.66. The van der Waals surface area contributed by atoms with Crippen molar-refractivity contribution in [2.75, 3.05) is 0 Å². The van der Waals surface area contributed by atoms with Crippen LogP contribution >= 0.6 is 15.9 Å². The van der Waals surface area contributed by atoms with Crippen molar-refractivity contribution in [1.82, 2.24) is 0 Å². The molecule has 2 aliphatic carbocycles. The molecule has 2 unspecified atom stereocenters. The minimum Gasteiger partial charge on any atom is -0.0884 e. The average molecular weight is 133 g/mol. The van der Waals surface area contributed by atoms with E-state index in [4.69, 9.17) is 0 Å². The summed E-state index contributed by atoms with van der Waals surface area (Å²) < 4.78 is 0. The molecule has 0 amide bonds. The van der Waals surface area contributed by atoms with Gasteiger partial charge < -0.3 is 0 Å². The molecule has 2 saturated carbocycles. The Hall–Kier alpha value is 0.480. The maximum Gasteiger partial charge on any atom is 0.0208 e. The van der Waals surface area contributed by atoms with Crippen molar-refractivity contribution in [2.45, 2.75) is 11.2 Å². The third kappa shape index (κ3) is 0.177. The van der Waals surface area contributed by atoms with Gasteiger partial charge in [0.2, 0.25) is 0 Å². The Kier molecular flexibility index (Phi) is 0.259. The van der Waals surface area contributed by atoms with Gasteiger partial charge in [0, 0.05) is 4.83 Å². The molecule has 28 valence electrons. The Bertz CT molecular complexity index is 55.3. The molecule has 0 aromatic carbocycles. The van der Waals surface area contributed by atoms with E-state index in [0.29, 0.717) is 0 Å². The zero-order valence-electron chi connectivity index (χ0n) is 2.82. The highest BCUT2D eigenvalue weighted by molar-refractivity contribution is 9.09. The van der Waals surface area contributed by atoms with Crippen LogP contribution in [0.3, 0.4) is 0 Å². The second-order valence-electron chi connectivity index (χ2n) is 2.01. The van der Waals surface area contributed by atoms with Crippen molar-refractivity contribution in [1.29, 1.82) is 0 Å². The topological polar surface area (TPSA) is 0 Å². The molecule has 2 rings (SSSR count). The molecule has 2 aliphatic rings. The number of halogens is 1. The fourth-order valence-corrected chi connectivity index (χ4v) is 1.74. The van der Waals surface area contributed by atoms with Crippen molar-refractivity contribution in [3.8, 4) is 0 Å². The summed E-state index contributed by atoms with van der Waals surface area (Å²) in [5.74, 6) is 2.27. The van der Waals surface area contributed by atoms with Crippen LogP contribution in [0.4, 0.5) is 0 Å². The summed E-state index contributed by atoms with van der Waals surface area (Å²) in [5, 5.41) is 0. The molecule has 2 atom stereocenters. The number of fused-ring (bicyclic) bond motifs is 1. The summed E-state index contributed by atoms with van der Waals surface area (Å²) in [6.45, 7) is 0. The predicted molar refractivity (Wildman–Crippen MR) is 24.3 cm³/mol. The van der Waals surface area contributed by atoms with Crippen molar-refractivity contribution in [3.63, 3.8) is 0 Å². The molecule has 0 heterocycles. The Morgan fingerprint density at radius 2 is 1.80 bits per heavy atom. The van der Waals surface area contributed by atoms with E-state index in [1.54, 1.807) is 0 Å². The first-order chi connectivity index (χ1) is 2.39. The van der Waals surface area contributed by atoms with Crippen LogP contribution in [0, 0.1) is 11.8 Å². The molecular weight excluding hydrogens is 128 g/mol. The zero-order valence-corrected chi connectivity index (χ0v) is 4.40. The van der Waals surface area contributed by atoms with Crippen molar-refractivity contribution in [3.05, 3.63) is 0 Å². The van der Waals surface area contributed by atoms with Crippen molar-refractivity contribution < 1.29 is 0 Å². The maximum atomic E-state index is 3.50. The Labute approximate surface area is 39.7 Å². The molecule has 0 radical (unpaired) electrons. The van der Waals surface area contributed by atoms with Crippen LogP contribution < -0.4 is 0 Å². The minimum atomic E-state index is 0.961. The van der Waals surface area contributed by atoms with Crippen LogP contribution in [0.2, 0.25) is 0 Å². The first kappa shape index (κ1) is 2.62. The number of hydrogen-bond donors (Lipinski definition) is 0. The largest absolute Gasteiger partial charge is 0.0884 e. The van der Waals surface area contributed by atoms with E-state index in [9.17, 15) is 0 Å². The van der Waals surface area contributed by atoms with Gasteiger partial charge in [0.25, 0.3) is 0 Å². The third-order valence-electron chi connectivity index (χ3n) is 1.57. The molecule has 0 aliphatic heterocycles. The lowest BCUT2D eigenvalue weighted by atomic mass is 10.4. The van der Waals surface area contributed by atoms with Crippen LogP contribution in [0.15, 0.2) is 0 Å². The van der Waals surface area contributed by atoms with E-state index in [0.717, 1.165) is 16.7 Å². The van der Waals surface area contributed by atoms with Crippen molar-refractivity contribution in [2.24, 2.45) is 11.8 Å². The molecular formula is C4H5Br. The van der Waals surface area contributed by atoms with Gasteiger partial charge in [-0.05, 0) is 18.3 Å². The summed E-state index contributed by atoms with van der Waals surface area (Å²) in [4.78, 5) is 0.961. The van der Waals surface area contributed by atoms with Gasteiger partial charge in [-0.2, -0.15) is 0 Å². The Morgan fingerprint density at radius 3 is 1.80 bits per heavy atom. The number of alkyl halides is 1. The Balaban J connectivity index is 2.19. The second kappa shape index (κ2) is 0.494. The first-order valence-corrected chi connectivity index (χ1v) is 2.95. The predicted octanol–water partition coefficient (Wildman–Crippen LogP) is 1.40. The van der Waals surface area contributed by atoms with Gasteiger partial charge in [-0.3, -0.25) is 0 Å². The lowest BCUT2D eigenvalue weighted by Crippen LogP contribution is -1.76. The lowest BCUT2D eigenvalue weighted by Gasteiger charge is -1.79. The normalized spacial score (nSPS) is 70.2. The number of rotatable bonds is 0. The number of hydrogen-bond acceptors (Lipinski definition) is 0. The fourth-order valence-electron chi connectivity index (χ4n) is 0.698. The highest BCUT2D eigenvalue weighted by atomic mass is 79.9. The first-order valence-electron chi connectivity index (χ1n) is 2.03. The molecule has 1 heteroatoms. The average Bonchev–Trinajstić information content (AvgIpc) is 2.11. The van der Waals surface area contributed by atoms with Crippen LogP contribution in [0.25, 0.3) is 0 Å². The van der Waals surface area contributed by atoms with Gasteiger partial charge in [0.1, 0.15) is 0 Å². The molecule has 0 bridgehead atoms. The standard InChI is InChI=1S/C4H5Br/c5-4-2-1-3(2)4/h2-4H,1H2. The molecule has 0 N–H and O–H groups in total. The summed E-state index contributed by atoms with van der Waals surface area (Å²) in [6.07, 6.45) is 1.52. The van der Waals surface area contributed by atoms with E-state index in [1.807, 2.05) is 0 Å². The lowest BCUT2D eigenvalue weighted by molar-refractivity contribution is 0.946. The summed E-state index contributed by atoms with van der Waals surface area (Å²) in [7, 11) is 0. The highest BCUT2D eigenvalue weighted by Gasteiger charge is 2.62. The molecule has 0 aromatic rings. The maximum absolute atomic E-state index is 3.50. The molecule has 5 heavy (non-hydrogen) atoms. The van der Waals surface area contributed by atoms with E-state index >= 15 is 0 Å². The summed E-state index contributed by atoms with van der Waals surface area (Å²) in [6, 6.07) is 0. The van der Waals surface area contributed by atoms with Gasteiger partial charge >= 0.3 is 0 Å². The van der Waals surface area contributed by atoms with Crippen molar-refractivity contribution >= 4 is 15.9 Å². The van der Waals surface area contributed by atoms with Gasteiger partial charge in [-0.15, -0.1) is 0 Å².